The van der Waals surface area contributed by atoms with Gasteiger partial charge in [-0.2, -0.15) is 0 Å². The Balaban J connectivity index is 1.55. The van der Waals surface area contributed by atoms with Crippen molar-refractivity contribution >= 4 is 11.3 Å². The Morgan fingerprint density at radius 1 is 1.47 bits per heavy atom. The molecule has 0 spiro atoms. The van der Waals surface area contributed by atoms with E-state index in [2.05, 4.69) is 18.3 Å². The summed E-state index contributed by atoms with van der Waals surface area (Å²) in [5.74, 6) is 0.791. The molecule has 4 heteroatoms. The average Bonchev–Trinajstić information content (AvgIpc) is 3.08. The van der Waals surface area contributed by atoms with E-state index in [9.17, 15) is 5.11 Å². The number of aliphatic hydroxyl groups excluding tert-OH is 1. The maximum absolute atomic E-state index is 9.89. The molecule has 19 heavy (non-hydrogen) atoms. The highest BCUT2D eigenvalue weighted by Gasteiger charge is 2.21. The van der Waals surface area contributed by atoms with Crippen LogP contribution in [0.4, 0.5) is 0 Å². The van der Waals surface area contributed by atoms with Gasteiger partial charge in [0.25, 0.3) is 0 Å². The standard InChI is InChI=1S/C15H25NO2S/c1-12(13-5-2-3-6-13)16-9-14(17)10-18-11-15-7-4-8-19-15/h4,7-8,12-14,16-17H,2-3,5-6,9-11H2,1H3. The van der Waals surface area contributed by atoms with Crippen LogP contribution in [0.2, 0.25) is 0 Å². The molecular weight excluding hydrogens is 258 g/mol. The highest BCUT2D eigenvalue weighted by molar-refractivity contribution is 7.09. The van der Waals surface area contributed by atoms with Crippen LogP contribution in [0.25, 0.3) is 0 Å². The molecule has 1 aliphatic carbocycles. The molecule has 1 aliphatic rings. The number of aliphatic hydroxyl groups is 1. The third-order valence-corrected chi connectivity index (χ3v) is 4.77. The average molecular weight is 283 g/mol. The van der Waals surface area contributed by atoms with Gasteiger partial charge in [-0.1, -0.05) is 18.9 Å². The SMILES string of the molecule is CC(NCC(O)COCc1cccs1)C1CCCC1. The zero-order chi connectivity index (χ0) is 13.5. The molecule has 0 aliphatic heterocycles. The second-order valence-corrected chi connectivity index (χ2v) is 6.52. The molecule has 0 aromatic carbocycles. The van der Waals surface area contributed by atoms with Crippen LogP contribution in [-0.2, 0) is 11.3 Å². The lowest BCUT2D eigenvalue weighted by Gasteiger charge is -2.22. The lowest BCUT2D eigenvalue weighted by Crippen LogP contribution is -2.39. The lowest BCUT2D eigenvalue weighted by atomic mass is 10.00. The number of nitrogens with one attached hydrogen (secondary N) is 1. The minimum atomic E-state index is -0.413. The summed E-state index contributed by atoms with van der Waals surface area (Å²) in [5.41, 5.74) is 0. The van der Waals surface area contributed by atoms with Crippen molar-refractivity contribution < 1.29 is 9.84 Å². The van der Waals surface area contributed by atoms with Gasteiger partial charge in [0.15, 0.2) is 0 Å². The molecule has 1 aromatic heterocycles. The van der Waals surface area contributed by atoms with E-state index in [4.69, 9.17) is 4.74 Å². The van der Waals surface area contributed by atoms with E-state index in [0.29, 0.717) is 25.8 Å². The van der Waals surface area contributed by atoms with E-state index in [1.54, 1.807) is 11.3 Å². The van der Waals surface area contributed by atoms with Crippen LogP contribution in [0, 0.1) is 5.92 Å². The maximum atomic E-state index is 9.89. The van der Waals surface area contributed by atoms with Crippen LogP contribution in [0.5, 0.6) is 0 Å². The van der Waals surface area contributed by atoms with Crippen LogP contribution < -0.4 is 5.32 Å². The Kier molecular flexibility index (Phi) is 6.31. The minimum absolute atomic E-state index is 0.405. The van der Waals surface area contributed by atoms with Gasteiger partial charge >= 0.3 is 0 Å². The molecule has 1 heterocycles. The topological polar surface area (TPSA) is 41.5 Å². The number of hydrogen-bond acceptors (Lipinski definition) is 4. The van der Waals surface area contributed by atoms with Crippen molar-refractivity contribution in [3.8, 4) is 0 Å². The fourth-order valence-electron chi connectivity index (χ4n) is 2.70. The highest BCUT2D eigenvalue weighted by Crippen LogP contribution is 2.27. The number of thiophene rings is 1. The van der Waals surface area contributed by atoms with E-state index in [1.807, 2.05) is 11.4 Å². The van der Waals surface area contributed by atoms with Crippen molar-refractivity contribution in [3.63, 3.8) is 0 Å². The van der Waals surface area contributed by atoms with Crippen molar-refractivity contribution in [2.45, 2.75) is 51.4 Å². The summed E-state index contributed by atoms with van der Waals surface area (Å²) in [6, 6.07) is 4.58. The van der Waals surface area contributed by atoms with Crippen LogP contribution in [0.15, 0.2) is 17.5 Å². The van der Waals surface area contributed by atoms with Crippen LogP contribution in [-0.4, -0.2) is 30.4 Å². The molecule has 3 nitrogen and oxygen atoms in total. The monoisotopic (exact) mass is 283 g/mol. The van der Waals surface area contributed by atoms with Crippen LogP contribution in [0.3, 0.4) is 0 Å². The first-order valence-electron chi connectivity index (χ1n) is 7.27. The Morgan fingerprint density at radius 2 is 2.26 bits per heavy atom. The Morgan fingerprint density at radius 3 is 2.95 bits per heavy atom. The summed E-state index contributed by atoms with van der Waals surface area (Å²) >= 11 is 1.69. The third-order valence-electron chi connectivity index (χ3n) is 3.92. The molecule has 1 aromatic rings. The number of rotatable bonds is 8. The van der Waals surface area contributed by atoms with E-state index < -0.39 is 6.10 Å². The molecule has 2 atom stereocenters. The molecule has 0 saturated heterocycles. The van der Waals surface area contributed by atoms with Gasteiger partial charge in [-0.15, -0.1) is 11.3 Å². The van der Waals surface area contributed by atoms with Gasteiger partial charge in [0.05, 0.1) is 19.3 Å². The molecule has 2 N–H and O–H groups in total. The van der Waals surface area contributed by atoms with Gasteiger partial charge in [-0.25, -0.2) is 0 Å². The van der Waals surface area contributed by atoms with E-state index in [1.165, 1.54) is 30.6 Å². The van der Waals surface area contributed by atoms with Gasteiger partial charge in [0, 0.05) is 17.5 Å². The molecule has 1 saturated carbocycles. The Hall–Kier alpha value is -0.420. The summed E-state index contributed by atoms with van der Waals surface area (Å²) in [5, 5.41) is 15.4. The zero-order valence-electron chi connectivity index (χ0n) is 11.7. The van der Waals surface area contributed by atoms with Gasteiger partial charge in [-0.05, 0) is 37.1 Å². The fraction of sp³-hybridized carbons (Fsp3) is 0.733. The quantitative estimate of drug-likeness (QED) is 0.771. The Bertz CT molecular complexity index is 336. The second kappa shape index (κ2) is 8.00. The first-order chi connectivity index (χ1) is 9.25. The number of hydrogen-bond donors (Lipinski definition) is 2. The summed E-state index contributed by atoms with van der Waals surface area (Å²) < 4.78 is 5.52. The van der Waals surface area contributed by atoms with E-state index in [-0.39, 0.29) is 0 Å². The van der Waals surface area contributed by atoms with E-state index in [0.717, 1.165) is 5.92 Å². The summed E-state index contributed by atoms with van der Waals surface area (Å²) in [4.78, 5) is 1.21. The lowest BCUT2D eigenvalue weighted by molar-refractivity contribution is 0.0279. The molecule has 2 unspecified atom stereocenters. The van der Waals surface area contributed by atoms with Crippen LogP contribution >= 0.6 is 11.3 Å². The first kappa shape index (κ1) is 15.0. The van der Waals surface area contributed by atoms with Gasteiger partial charge in [-0.3, -0.25) is 0 Å². The fourth-order valence-corrected chi connectivity index (χ4v) is 3.34. The number of ether oxygens (including phenoxy) is 1. The normalized spacial score (nSPS) is 19.7. The zero-order valence-corrected chi connectivity index (χ0v) is 12.5. The van der Waals surface area contributed by atoms with Crippen molar-refractivity contribution in [2.24, 2.45) is 5.92 Å². The second-order valence-electron chi connectivity index (χ2n) is 5.49. The maximum Gasteiger partial charge on any atom is 0.0897 e. The summed E-state index contributed by atoms with van der Waals surface area (Å²) in [6.45, 7) is 3.87. The Labute approximate surface area is 120 Å². The van der Waals surface area contributed by atoms with E-state index >= 15 is 0 Å². The molecule has 108 valence electrons. The van der Waals surface area contributed by atoms with Crippen LogP contribution in [0.1, 0.15) is 37.5 Å². The highest BCUT2D eigenvalue weighted by atomic mass is 32.1. The predicted octanol–water partition coefficient (Wildman–Crippen LogP) is 2.79. The van der Waals surface area contributed by atoms with Gasteiger partial charge in [0.2, 0.25) is 0 Å². The van der Waals surface area contributed by atoms with Crippen molar-refractivity contribution in [1.29, 1.82) is 0 Å². The third kappa shape index (κ3) is 5.22. The molecule has 2 rings (SSSR count). The predicted molar refractivity (Wildman–Crippen MR) is 79.4 cm³/mol. The molecule has 1 fully saturated rings. The summed E-state index contributed by atoms with van der Waals surface area (Å²) in [6.07, 6.45) is 4.98. The molecule has 0 bridgehead atoms. The smallest absolute Gasteiger partial charge is 0.0897 e. The molecular formula is C15H25NO2S. The summed E-state index contributed by atoms with van der Waals surface area (Å²) in [7, 11) is 0. The molecule has 0 radical (unpaired) electrons. The van der Waals surface area contributed by atoms with Gasteiger partial charge in [0.1, 0.15) is 0 Å². The van der Waals surface area contributed by atoms with Crippen molar-refractivity contribution in [3.05, 3.63) is 22.4 Å². The first-order valence-corrected chi connectivity index (χ1v) is 8.15. The largest absolute Gasteiger partial charge is 0.389 e. The minimum Gasteiger partial charge on any atom is -0.389 e. The molecule has 0 amide bonds. The van der Waals surface area contributed by atoms with Crippen molar-refractivity contribution in [2.75, 3.05) is 13.2 Å². The van der Waals surface area contributed by atoms with Crippen molar-refractivity contribution in [1.82, 2.24) is 5.32 Å². The van der Waals surface area contributed by atoms with Gasteiger partial charge < -0.3 is 15.2 Å².